The topological polar surface area (TPSA) is 43.1 Å². The van der Waals surface area contributed by atoms with Crippen LogP contribution < -0.4 is 0 Å². The van der Waals surface area contributed by atoms with Crippen LogP contribution in [0.25, 0.3) is 16.7 Å². The molecule has 0 atom stereocenters. The highest BCUT2D eigenvalue weighted by Crippen LogP contribution is 2.15. The third-order valence-electron chi connectivity index (χ3n) is 2.77. The predicted molar refractivity (Wildman–Crippen MR) is 72.4 cm³/mol. The first-order valence-corrected chi connectivity index (χ1v) is 5.71. The standard InChI is InChI=1S/C14H12N4/c1-15-10-11-6-8-12(9-7-11)18-14-5-3-2-4-13(14)16-17-18/h2-10H,1H3. The van der Waals surface area contributed by atoms with Gasteiger partial charge in [0.2, 0.25) is 0 Å². The lowest BCUT2D eigenvalue weighted by molar-refractivity contribution is 0.824. The molecular weight excluding hydrogens is 224 g/mol. The van der Waals surface area contributed by atoms with Crippen LogP contribution in [0, 0.1) is 0 Å². The number of aliphatic imine (C=N–C) groups is 1. The van der Waals surface area contributed by atoms with Gasteiger partial charge in [0.05, 0.1) is 11.2 Å². The Labute approximate surface area is 105 Å². The molecular formula is C14H12N4. The van der Waals surface area contributed by atoms with Crippen molar-refractivity contribution in [2.45, 2.75) is 0 Å². The van der Waals surface area contributed by atoms with Crippen LogP contribution in [-0.4, -0.2) is 28.3 Å². The average Bonchev–Trinajstić information content (AvgIpc) is 2.84. The fraction of sp³-hybridized carbons (Fsp3) is 0.0714. The molecule has 3 aromatic rings. The fourth-order valence-electron chi connectivity index (χ4n) is 1.91. The smallest absolute Gasteiger partial charge is 0.113 e. The Kier molecular flexibility index (Phi) is 2.61. The van der Waals surface area contributed by atoms with Crippen LogP contribution >= 0.6 is 0 Å². The first-order valence-electron chi connectivity index (χ1n) is 5.71. The Morgan fingerprint density at radius 1 is 1.06 bits per heavy atom. The zero-order valence-corrected chi connectivity index (χ0v) is 9.99. The molecule has 0 bridgehead atoms. The van der Waals surface area contributed by atoms with Crippen molar-refractivity contribution in [1.29, 1.82) is 0 Å². The minimum atomic E-state index is 0.900. The molecule has 4 nitrogen and oxygen atoms in total. The highest BCUT2D eigenvalue weighted by atomic mass is 15.4. The molecule has 4 heteroatoms. The molecule has 0 aliphatic rings. The second-order valence-corrected chi connectivity index (χ2v) is 3.97. The summed E-state index contributed by atoms with van der Waals surface area (Å²) in [5, 5.41) is 8.31. The predicted octanol–water partition coefficient (Wildman–Crippen LogP) is 2.47. The highest BCUT2D eigenvalue weighted by molar-refractivity contribution is 5.80. The third-order valence-corrected chi connectivity index (χ3v) is 2.77. The Morgan fingerprint density at radius 3 is 2.61 bits per heavy atom. The van der Waals surface area contributed by atoms with Crippen molar-refractivity contribution in [2.75, 3.05) is 7.05 Å². The van der Waals surface area contributed by atoms with Crippen molar-refractivity contribution >= 4 is 17.2 Å². The zero-order valence-electron chi connectivity index (χ0n) is 9.99. The van der Waals surface area contributed by atoms with Crippen molar-refractivity contribution in [3.63, 3.8) is 0 Å². The minimum Gasteiger partial charge on any atom is -0.296 e. The van der Waals surface area contributed by atoms with Crippen LogP contribution in [0.4, 0.5) is 0 Å². The maximum atomic E-state index is 4.17. The largest absolute Gasteiger partial charge is 0.296 e. The first-order chi connectivity index (χ1) is 8.88. The summed E-state index contributed by atoms with van der Waals surface area (Å²) in [6, 6.07) is 16.0. The molecule has 0 saturated heterocycles. The van der Waals surface area contributed by atoms with Crippen molar-refractivity contribution in [2.24, 2.45) is 4.99 Å². The molecule has 0 amide bonds. The molecule has 0 saturated carbocycles. The van der Waals surface area contributed by atoms with Gasteiger partial charge in [-0.1, -0.05) is 29.5 Å². The van der Waals surface area contributed by atoms with Crippen LogP contribution in [0.2, 0.25) is 0 Å². The van der Waals surface area contributed by atoms with E-state index < -0.39 is 0 Å². The number of benzene rings is 2. The van der Waals surface area contributed by atoms with Gasteiger partial charge in [0.15, 0.2) is 0 Å². The van der Waals surface area contributed by atoms with Crippen molar-refractivity contribution in [1.82, 2.24) is 15.0 Å². The maximum absolute atomic E-state index is 4.17. The van der Waals surface area contributed by atoms with Gasteiger partial charge in [-0.15, -0.1) is 5.10 Å². The minimum absolute atomic E-state index is 0.900. The van der Waals surface area contributed by atoms with Gasteiger partial charge in [-0.25, -0.2) is 4.68 Å². The molecule has 0 aliphatic carbocycles. The molecule has 0 radical (unpaired) electrons. The molecule has 1 aromatic heterocycles. The average molecular weight is 236 g/mol. The lowest BCUT2D eigenvalue weighted by Crippen LogP contribution is -1.96. The van der Waals surface area contributed by atoms with Crippen LogP contribution in [0.3, 0.4) is 0 Å². The Balaban J connectivity index is 2.09. The van der Waals surface area contributed by atoms with Gasteiger partial charge in [-0.2, -0.15) is 0 Å². The van der Waals surface area contributed by atoms with E-state index in [1.54, 1.807) is 7.05 Å². The Hall–Kier alpha value is -2.49. The molecule has 18 heavy (non-hydrogen) atoms. The fourth-order valence-corrected chi connectivity index (χ4v) is 1.91. The summed E-state index contributed by atoms with van der Waals surface area (Å²) in [6.07, 6.45) is 1.82. The molecule has 2 aromatic carbocycles. The van der Waals surface area contributed by atoms with E-state index in [-0.39, 0.29) is 0 Å². The number of fused-ring (bicyclic) bond motifs is 1. The van der Waals surface area contributed by atoms with Gasteiger partial charge in [0.25, 0.3) is 0 Å². The molecule has 0 fully saturated rings. The molecule has 0 aliphatic heterocycles. The van der Waals surface area contributed by atoms with E-state index in [1.807, 2.05) is 59.4 Å². The van der Waals surface area contributed by atoms with E-state index in [4.69, 9.17) is 0 Å². The number of aromatic nitrogens is 3. The molecule has 3 rings (SSSR count). The molecule has 88 valence electrons. The number of nitrogens with zero attached hydrogens (tertiary/aromatic N) is 4. The zero-order chi connectivity index (χ0) is 12.4. The van der Waals surface area contributed by atoms with Crippen molar-refractivity contribution in [3.05, 3.63) is 54.1 Å². The summed E-state index contributed by atoms with van der Waals surface area (Å²) in [5.41, 5.74) is 3.98. The number of para-hydroxylation sites is 1. The van der Waals surface area contributed by atoms with Gasteiger partial charge in [-0.3, -0.25) is 4.99 Å². The van der Waals surface area contributed by atoms with Crippen LogP contribution in [0.5, 0.6) is 0 Å². The summed E-state index contributed by atoms with van der Waals surface area (Å²) in [6.45, 7) is 0. The lowest BCUT2D eigenvalue weighted by atomic mass is 10.2. The third kappa shape index (κ3) is 1.78. The van der Waals surface area contributed by atoms with E-state index in [9.17, 15) is 0 Å². The van der Waals surface area contributed by atoms with E-state index in [0.717, 1.165) is 22.3 Å². The van der Waals surface area contributed by atoms with Crippen LogP contribution in [-0.2, 0) is 0 Å². The van der Waals surface area contributed by atoms with E-state index in [1.165, 1.54) is 0 Å². The highest BCUT2D eigenvalue weighted by Gasteiger charge is 2.04. The SMILES string of the molecule is CN=Cc1ccc(-n2nnc3ccccc32)cc1. The number of hydrogen-bond donors (Lipinski definition) is 0. The maximum Gasteiger partial charge on any atom is 0.113 e. The molecule has 1 heterocycles. The molecule has 0 N–H and O–H groups in total. The van der Waals surface area contributed by atoms with Gasteiger partial charge in [0.1, 0.15) is 5.52 Å². The number of rotatable bonds is 2. The van der Waals surface area contributed by atoms with Gasteiger partial charge in [-0.05, 0) is 29.8 Å². The van der Waals surface area contributed by atoms with E-state index in [2.05, 4.69) is 15.3 Å². The van der Waals surface area contributed by atoms with Gasteiger partial charge in [0, 0.05) is 13.3 Å². The summed E-state index contributed by atoms with van der Waals surface area (Å²) < 4.78 is 1.84. The normalized spacial score (nSPS) is 11.4. The second kappa shape index (κ2) is 4.41. The summed E-state index contributed by atoms with van der Waals surface area (Å²) in [5.74, 6) is 0. The quantitative estimate of drug-likeness (QED) is 0.641. The summed E-state index contributed by atoms with van der Waals surface area (Å²) in [4.78, 5) is 3.99. The van der Waals surface area contributed by atoms with Crippen LogP contribution in [0.15, 0.2) is 53.5 Å². The van der Waals surface area contributed by atoms with E-state index >= 15 is 0 Å². The van der Waals surface area contributed by atoms with Crippen LogP contribution in [0.1, 0.15) is 5.56 Å². The Morgan fingerprint density at radius 2 is 1.83 bits per heavy atom. The monoisotopic (exact) mass is 236 g/mol. The Bertz CT molecular complexity index is 695. The van der Waals surface area contributed by atoms with Gasteiger partial charge < -0.3 is 0 Å². The number of hydrogen-bond acceptors (Lipinski definition) is 3. The summed E-state index contributed by atoms with van der Waals surface area (Å²) >= 11 is 0. The summed E-state index contributed by atoms with van der Waals surface area (Å²) in [7, 11) is 1.76. The van der Waals surface area contributed by atoms with Gasteiger partial charge >= 0.3 is 0 Å². The molecule has 0 unspecified atom stereocenters. The lowest BCUT2D eigenvalue weighted by Gasteiger charge is -2.02. The first kappa shape index (κ1) is 10.7. The van der Waals surface area contributed by atoms with E-state index in [0.29, 0.717) is 0 Å². The van der Waals surface area contributed by atoms with Crippen molar-refractivity contribution in [3.8, 4) is 5.69 Å². The molecule has 0 spiro atoms. The second-order valence-electron chi connectivity index (χ2n) is 3.97. The van der Waals surface area contributed by atoms with Crippen molar-refractivity contribution < 1.29 is 0 Å².